The van der Waals surface area contributed by atoms with E-state index in [-0.39, 0.29) is 17.0 Å². The molecule has 0 spiro atoms. The fourth-order valence-electron chi connectivity index (χ4n) is 1.74. The molecule has 1 aromatic rings. The standard InChI is InChI=1S/C12H13BrFNOS/c13-9-7-8(4-5-10(9)14)15-12(16)11-3-1-2-6-17-11/h4-5,7,11H,1-3,6H2,(H,15,16). The molecule has 1 aliphatic rings. The molecule has 1 atom stereocenters. The summed E-state index contributed by atoms with van der Waals surface area (Å²) >= 11 is 4.80. The highest BCUT2D eigenvalue weighted by Gasteiger charge is 2.21. The number of rotatable bonds is 2. The average molecular weight is 318 g/mol. The van der Waals surface area contributed by atoms with Crippen LogP contribution >= 0.6 is 27.7 Å². The predicted octanol–water partition coefficient (Wildman–Crippen LogP) is 3.81. The quantitative estimate of drug-likeness (QED) is 0.898. The average Bonchev–Trinajstić information content (AvgIpc) is 2.35. The van der Waals surface area contributed by atoms with Gasteiger partial charge in [-0.25, -0.2) is 4.39 Å². The van der Waals surface area contributed by atoms with Gasteiger partial charge in [-0.2, -0.15) is 0 Å². The summed E-state index contributed by atoms with van der Waals surface area (Å²) in [5, 5.41) is 2.86. The van der Waals surface area contributed by atoms with Crippen LogP contribution in [0.3, 0.4) is 0 Å². The van der Waals surface area contributed by atoms with Crippen LogP contribution in [0.15, 0.2) is 22.7 Å². The third kappa shape index (κ3) is 3.45. The lowest BCUT2D eigenvalue weighted by Crippen LogP contribution is -2.27. The number of carbonyl (C=O) groups is 1. The summed E-state index contributed by atoms with van der Waals surface area (Å²) in [6, 6.07) is 4.50. The van der Waals surface area contributed by atoms with Crippen LogP contribution in [0.4, 0.5) is 10.1 Å². The van der Waals surface area contributed by atoms with Crippen molar-refractivity contribution in [3.8, 4) is 0 Å². The number of hydrogen-bond donors (Lipinski definition) is 1. The molecule has 5 heteroatoms. The Bertz CT molecular complexity index is 421. The minimum atomic E-state index is -0.324. The molecule has 1 saturated heterocycles. The lowest BCUT2D eigenvalue weighted by atomic mass is 10.2. The molecule has 2 nitrogen and oxygen atoms in total. The zero-order valence-corrected chi connectivity index (χ0v) is 11.6. The normalized spacial score (nSPS) is 20.0. The van der Waals surface area contributed by atoms with E-state index < -0.39 is 0 Å². The molecule has 1 aromatic carbocycles. The topological polar surface area (TPSA) is 29.1 Å². The SMILES string of the molecule is O=C(Nc1ccc(F)c(Br)c1)C1CCCCS1. The van der Waals surface area contributed by atoms with E-state index >= 15 is 0 Å². The third-order valence-electron chi connectivity index (χ3n) is 2.66. The maximum Gasteiger partial charge on any atom is 0.237 e. The van der Waals surface area contributed by atoms with E-state index in [4.69, 9.17) is 0 Å². The summed E-state index contributed by atoms with van der Waals surface area (Å²) in [6.45, 7) is 0. The number of carbonyl (C=O) groups excluding carboxylic acids is 1. The van der Waals surface area contributed by atoms with Crippen molar-refractivity contribution < 1.29 is 9.18 Å². The number of hydrogen-bond acceptors (Lipinski definition) is 2. The van der Waals surface area contributed by atoms with Gasteiger partial charge in [-0.1, -0.05) is 6.42 Å². The summed E-state index contributed by atoms with van der Waals surface area (Å²) in [5.41, 5.74) is 0.634. The van der Waals surface area contributed by atoms with Gasteiger partial charge in [0.25, 0.3) is 0 Å². The van der Waals surface area contributed by atoms with Crippen LogP contribution in [0.2, 0.25) is 0 Å². The van der Waals surface area contributed by atoms with Gasteiger partial charge in [-0.15, -0.1) is 11.8 Å². The highest BCUT2D eigenvalue weighted by Crippen LogP contribution is 2.27. The second kappa shape index (κ2) is 5.87. The molecule has 0 aromatic heterocycles. The van der Waals surface area contributed by atoms with Gasteiger partial charge in [-0.05, 0) is 52.7 Å². The Morgan fingerprint density at radius 3 is 2.94 bits per heavy atom. The Labute approximate surface area is 112 Å². The van der Waals surface area contributed by atoms with Crippen molar-refractivity contribution >= 4 is 39.3 Å². The van der Waals surface area contributed by atoms with Crippen LogP contribution in [0, 0.1) is 5.82 Å². The van der Waals surface area contributed by atoms with Crippen molar-refractivity contribution in [2.45, 2.75) is 24.5 Å². The van der Waals surface area contributed by atoms with Gasteiger partial charge in [0.15, 0.2) is 0 Å². The lowest BCUT2D eigenvalue weighted by Gasteiger charge is -2.20. The van der Waals surface area contributed by atoms with Crippen molar-refractivity contribution in [1.29, 1.82) is 0 Å². The smallest absolute Gasteiger partial charge is 0.237 e. The molecule has 0 saturated carbocycles. The summed E-state index contributed by atoms with van der Waals surface area (Å²) < 4.78 is 13.4. The molecular weight excluding hydrogens is 305 g/mol. The Hall–Kier alpha value is -0.550. The first-order valence-corrected chi connectivity index (χ1v) is 7.38. The van der Waals surface area contributed by atoms with Gasteiger partial charge < -0.3 is 5.32 Å². The highest BCUT2D eigenvalue weighted by atomic mass is 79.9. The van der Waals surface area contributed by atoms with Gasteiger partial charge in [0, 0.05) is 5.69 Å². The maximum atomic E-state index is 13.0. The molecule has 1 aliphatic heterocycles. The summed E-state index contributed by atoms with van der Waals surface area (Å²) in [5.74, 6) is 0.744. The number of benzene rings is 1. The number of thioether (sulfide) groups is 1. The van der Waals surface area contributed by atoms with E-state index in [0.29, 0.717) is 10.2 Å². The Balaban J connectivity index is 1.99. The Morgan fingerprint density at radius 2 is 2.29 bits per heavy atom. The van der Waals surface area contributed by atoms with E-state index in [2.05, 4.69) is 21.2 Å². The van der Waals surface area contributed by atoms with Crippen molar-refractivity contribution in [2.75, 3.05) is 11.1 Å². The van der Waals surface area contributed by atoms with E-state index in [1.165, 1.54) is 12.5 Å². The minimum absolute atomic E-state index is 0.0215. The summed E-state index contributed by atoms with van der Waals surface area (Å²) in [6.07, 6.45) is 3.23. The molecule has 0 bridgehead atoms. The van der Waals surface area contributed by atoms with Gasteiger partial charge in [0.05, 0.1) is 9.72 Å². The van der Waals surface area contributed by atoms with Crippen molar-refractivity contribution in [1.82, 2.24) is 0 Å². The predicted molar refractivity (Wildman–Crippen MR) is 72.8 cm³/mol. The van der Waals surface area contributed by atoms with Crippen LogP contribution < -0.4 is 5.32 Å². The third-order valence-corrected chi connectivity index (χ3v) is 4.64. The summed E-state index contributed by atoms with van der Waals surface area (Å²) in [7, 11) is 0. The molecule has 92 valence electrons. The number of halogens is 2. The van der Waals surface area contributed by atoms with Crippen LogP contribution in [-0.2, 0) is 4.79 Å². The van der Waals surface area contributed by atoms with E-state index in [0.717, 1.165) is 18.6 Å². The van der Waals surface area contributed by atoms with Crippen molar-refractivity contribution in [3.63, 3.8) is 0 Å². The van der Waals surface area contributed by atoms with Gasteiger partial charge >= 0.3 is 0 Å². The molecule has 0 aliphatic carbocycles. The molecular formula is C12H13BrFNOS. The van der Waals surface area contributed by atoms with Crippen molar-refractivity contribution in [2.24, 2.45) is 0 Å². The fourth-order valence-corrected chi connectivity index (χ4v) is 3.32. The zero-order valence-electron chi connectivity index (χ0n) is 9.21. The largest absolute Gasteiger partial charge is 0.325 e. The summed E-state index contributed by atoms with van der Waals surface area (Å²) in [4.78, 5) is 11.9. The van der Waals surface area contributed by atoms with Crippen LogP contribution in [0.1, 0.15) is 19.3 Å². The first-order valence-electron chi connectivity index (χ1n) is 5.54. The first kappa shape index (κ1) is 12.9. The fraction of sp³-hybridized carbons (Fsp3) is 0.417. The monoisotopic (exact) mass is 317 g/mol. The van der Waals surface area contributed by atoms with Gasteiger partial charge in [0.2, 0.25) is 5.91 Å². The Morgan fingerprint density at radius 1 is 1.47 bits per heavy atom. The zero-order chi connectivity index (χ0) is 12.3. The Kier molecular flexibility index (Phi) is 4.45. The second-order valence-electron chi connectivity index (χ2n) is 3.97. The van der Waals surface area contributed by atoms with E-state index in [9.17, 15) is 9.18 Å². The molecule has 17 heavy (non-hydrogen) atoms. The van der Waals surface area contributed by atoms with Crippen LogP contribution in [0.25, 0.3) is 0 Å². The molecule has 1 heterocycles. The maximum absolute atomic E-state index is 13.0. The van der Waals surface area contributed by atoms with Crippen LogP contribution in [0.5, 0.6) is 0 Å². The van der Waals surface area contributed by atoms with Gasteiger partial charge in [0.1, 0.15) is 5.82 Å². The molecule has 1 amide bonds. The highest BCUT2D eigenvalue weighted by molar-refractivity contribution is 9.10. The number of anilines is 1. The first-order chi connectivity index (χ1) is 8.16. The number of amides is 1. The molecule has 1 N–H and O–H groups in total. The lowest BCUT2D eigenvalue weighted by molar-refractivity contribution is -0.115. The second-order valence-corrected chi connectivity index (χ2v) is 6.14. The van der Waals surface area contributed by atoms with E-state index in [1.807, 2.05) is 0 Å². The number of nitrogens with one attached hydrogen (secondary N) is 1. The van der Waals surface area contributed by atoms with Crippen LogP contribution in [-0.4, -0.2) is 16.9 Å². The van der Waals surface area contributed by atoms with Gasteiger partial charge in [-0.3, -0.25) is 4.79 Å². The molecule has 1 fully saturated rings. The molecule has 0 radical (unpaired) electrons. The minimum Gasteiger partial charge on any atom is -0.325 e. The van der Waals surface area contributed by atoms with Crippen molar-refractivity contribution in [3.05, 3.63) is 28.5 Å². The molecule has 2 rings (SSSR count). The molecule has 1 unspecified atom stereocenters. The van der Waals surface area contributed by atoms with E-state index in [1.54, 1.807) is 23.9 Å².